The molecule has 2 N–H and O–H groups in total. The van der Waals surface area contributed by atoms with Crippen LogP contribution in [0.25, 0.3) is 5.69 Å². The SMILES string of the molecule is ON1CC=NC=C1Nc1ccn(-c2ccc(C(F)(F)F)cc2)n1. The summed E-state index contributed by atoms with van der Waals surface area (Å²) in [5.74, 6) is 0.775. The summed E-state index contributed by atoms with van der Waals surface area (Å²) in [4.78, 5) is 3.91. The molecule has 6 nitrogen and oxygen atoms in total. The van der Waals surface area contributed by atoms with Crippen molar-refractivity contribution in [3.8, 4) is 5.69 Å². The van der Waals surface area contributed by atoms with Crippen LogP contribution < -0.4 is 5.32 Å². The van der Waals surface area contributed by atoms with Gasteiger partial charge in [0.05, 0.1) is 24.0 Å². The van der Waals surface area contributed by atoms with Gasteiger partial charge in [0, 0.05) is 18.5 Å². The fourth-order valence-corrected chi connectivity index (χ4v) is 1.98. The molecule has 0 fully saturated rings. The molecule has 0 amide bonds. The zero-order chi connectivity index (χ0) is 16.4. The third kappa shape index (κ3) is 3.34. The van der Waals surface area contributed by atoms with Gasteiger partial charge in [0.2, 0.25) is 0 Å². The summed E-state index contributed by atoms with van der Waals surface area (Å²) in [7, 11) is 0. The van der Waals surface area contributed by atoms with E-state index in [9.17, 15) is 18.4 Å². The lowest BCUT2D eigenvalue weighted by Crippen LogP contribution is -2.27. The summed E-state index contributed by atoms with van der Waals surface area (Å²) in [6, 6.07) is 6.30. The summed E-state index contributed by atoms with van der Waals surface area (Å²) < 4.78 is 39.1. The molecule has 120 valence electrons. The number of rotatable bonds is 3. The number of benzene rings is 1. The van der Waals surface area contributed by atoms with Crippen molar-refractivity contribution in [2.24, 2.45) is 4.99 Å². The third-order valence-electron chi connectivity index (χ3n) is 3.14. The van der Waals surface area contributed by atoms with Crippen molar-refractivity contribution in [1.29, 1.82) is 0 Å². The molecule has 1 aliphatic rings. The molecule has 1 aromatic heterocycles. The van der Waals surface area contributed by atoms with Crippen LogP contribution in [0, 0.1) is 0 Å². The minimum Gasteiger partial charge on any atom is -0.322 e. The van der Waals surface area contributed by atoms with E-state index in [0.717, 1.165) is 17.2 Å². The standard InChI is InChI=1S/C14H12F3N5O/c15-14(16,17)10-1-3-11(4-2-10)21-7-5-12(20-21)19-13-9-18-6-8-22(13)23/h1-7,9,23H,8H2,(H,19,20). The molecule has 0 saturated heterocycles. The number of anilines is 1. The van der Waals surface area contributed by atoms with Gasteiger partial charge < -0.3 is 5.32 Å². The van der Waals surface area contributed by atoms with E-state index in [1.807, 2.05) is 0 Å². The van der Waals surface area contributed by atoms with Gasteiger partial charge in [0.1, 0.15) is 0 Å². The zero-order valence-corrected chi connectivity index (χ0v) is 11.7. The van der Waals surface area contributed by atoms with Crippen LogP contribution in [0.5, 0.6) is 0 Å². The number of halogens is 3. The Morgan fingerprint density at radius 2 is 1.87 bits per heavy atom. The van der Waals surface area contributed by atoms with Crippen LogP contribution in [0.1, 0.15) is 5.56 Å². The van der Waals surface area contributed by atoms with Gasteiger partial charge in [0.25, 0.3) is 0 Å². The maximum Gasteiger partial charge on any atom is 0.416 e. The fraction of sp³-hybridized carbons (Fsp3) is 0.143. The highest BCUT2D eigenvalue weighted by atomic mass is 19.4. The molecule has 2 heterocycles. The van der Waals surface area contributed by atoms with Crippen LogP contribution in [0.15, 0.2) is 53.5 Å². The molecular weight excluding hydrogens is 311 g/mol. The number of nitrogens with one attached hydrogen (secondary N) is 1. The Morgan fingerprint density at radius 3 is 2.52 bits per heavy atom. The first-order valence-corrected chi connectivity index (χ1v) is 6.62. The largest absolute Gasteiger partial charge is 0.416 e. The normalized spacial score (nSPS) is 14.8. The molecule has 0 atom stereocenters. The Hall–Kier alpha value is -2.81. The number of aromatic nitrogens is 2. The summed E-state index contributed by atoms with van der Waals surface area (Å²) >= 11 is 0. The molecule has 0 aliphatic carbocycles. The number of alkyl halides is 3. The Morgan fingerprint density at radius 1 is 1.13 bits per heavy atom. The first kappa shape index (κ1) is 15.1. The molecule has 9 heteroatoms. The molecule has 3 rings (SSSR count). The summed E-state index contributed by atoms with van der Waals surface area (Å²) in [6.45, 7) is 0.248. The molecule has 1 aromatic carbocycles. The minimum atomic E-state index is -4.37. The van der Waals surface area contributed by atoms with E-state index in [1.165, 1.54) is 29.2 Å². The zero-order valence-electron chi connectivity index (χ0n) is 11.7. The van der Waals surface area contributed by atoms with Crippen molar-refractivity contribution < 1.29 is 18.4 Å². The van der Waals surface area contributed by atoms with Crippen LogP contribution in [-0.2, 0) is 6.18 Å². The molecule has 0 saturated carbocycles. The van der Waals surface area contributed by atoms with Crippen LogP contribution >= 0.6 is 0 Å². The monoisotopic (exact) mass is 323 g/mol. The van der Waals surface area contributed by atoms with Crippen molar-refractivity contribution >= 4 is 12.0 Å². The number of nitrogens with zero attached hydrogens (tertiary/aromatic N) is 4. The second-order valence-electron chi connectivity index (χ2n) is 4.74. The minimum absolute atomic E-state index is 0.248. The Balaban J connectivity index is 1.77. The van der Waals surface area contributed by atoms with Crippen molar-refractivity contribution in [2.75, 3.05) is 11.9 Å². The number of hydrogen-bond acceptors (Lipinski definition) is 5. The Labute approximate surface area is 129 Å². The van der Waals surface area contributed by atoms with E-state index < -0.39 is 11.7 Å². The fourth-order valence-electron chi connectivity index (χ4n) is 1.98. The molecular formula is C14H12F3N5O. The van der Waals surface area contributed by atoms with Crippen molar-refractivity contribution in [1.82, 2.24) is 14.8 Å². The van der Waals surface area contributed by atoms with Gasteiger partial charge in [-0.2, -0.15) is 18.3 Å². The van der Waals surface area contributed by atoms with E-state index in [-0.39, 0.29) is 6.54 Å². The lowest BCUT2D eigenvalue weighted by atomic mass is 10.2. The van der Waals surface area contributed by atoms with Gasteiger partial charge in [-0.3, -0.25) is 10.2 Å². The molecule has 1 aliphatic heterocycles. The first-order chi connectivity index (χ1) is 10.9. The highest BCUT2D eigenvalue weighted by Crippen LogP contribution is 2.29. The lowest BCUT2D eigenvalue weighted by Gasteiger charge is -2.20. The van der Waals surface area contributed by atoms with Gasteiger partial charge in [-0.25, -0.2) is 9.75 Å². The van der Waals surface area contributed by atoms with Crippen LogP contribution in [-0.4, -0.2) is 32.8 Å². The van der Waals surface area contributed by atoms with Crippen LogP contribution in [0.3, 0.4) is 0 Å². The molecule has 0 spiro atoms. The Bertz CT molecular complexity index is 749. The maximum atomic E-state index is 12.5. The maximum absolute atomic E-state index is 12.5. The third-order valence-corrected chi connectivity index (χ3v) is 3.14. The summed E-state index contributed by atoms with van der Waals surface area (Å²) in [5.41, 5.74) is -0.226. The molecule has 23 heavy (non-hydrogen) atoms. The van der Waals surface area contributed by atoms with E-state index in [4.69, 9.17) is 0 Å². The average molecular weight is 323 g/mol. The highest BCUT2D eigenvalue weighted by Gasteiger charge is 2.30. The number of hydroxylamine groups is 2. The van der Waals surface area contributed by atoms with Gasteiger partial charge >= 0.3 is 6.18 Å². The van der Waals surface area contributed by atoms with Gasteiger partial charge in [-0.15, -0.1) is 0 Å². The Kier molecular flexibility index (Phi) is 3.78. The first-order valence-electron chi connectivity index (χ1n) is 6.62. The van der Waals surface area contributed by atoms with Crippen molar-refractivity contribution in [3.05, 3.63) is 54.1 Å². The number of aliphatic imine (C=N–C) groups is 1. The predicted octanol–water partition coefficient (Wildman–Crippen LogP) is 2.88. The van der Waals surface area contributed by atoms with E-state index in [0.29, 0.717) is 17.3 Å². The van der Waals surface area contributed by atoms with Crippen LogP contribution in [0.4, 0.5) is 19.0 Å². The van der Waals surface area contributed by atoms with Crippen molar-refractivity contribution in [3.63, 3.8) is 0 Å². The van der Waals surface area contributed by atoms with Gasteiger partial charge in [-0.1, -0.05) is 0 Å². The molecule has 0 radical (unpaired) electrons. The van der Waals surface area contributed by atoms with Gasteiger partial charge in [-0.05, 0) is 24.3 Å². The van der Waals surface area contributed by atoms with Crippen LogP contribution in [0.2, 0.25) is 0 Å². The lowest BCUT2D eigenvalue weighted by molar-refractivity contribution is -0.137. The second kappa shape index (κ2) is 5.76. The summed E-state index contributed by atoms with van der Waals surface area (Å²) in [5, 5.41) is 17.7. The van der Waals surface area contributed by atoms with E-state index >= 15 is 0 Å². The molecule has 0 bridgehead atoms. The second-order valence-corrected chi connectivity index (χ2v) is 4.74. The average Bonchev–Trinajstić information content (AvgIpc) is 2.97. The molecule has 0 unspecified atom stereocenters. The highest BCUT2D eigenvalue weighted by molar-refractivity contribution is 5.62. The topological polar surface area (TPSA) is 65.7 Å². The van der Waals surface area contributed by atoms with E-state index in [2.05, 4.69) is 15.4 Å². The van der Waals surface area contributed by atoms with Crippen molar-refractivity contribution in [2.45, 2.75) is 6.18 Å². The molecule has 2 aromatic rings. The quantitative estimate of drug-likeness (QED) is 0.911. The number of hydrogen-bond donors (Lipinski definition) is 2. The smallest absolute Gasteiger partial charge is 0.322 e. The van der Waals surface area contributed by atoms with E-state index in [1.54, 1.807) is 12.3 Å². The predicted molar refractivity (Wildman–Crippen MR) is 77.3 cm³/mol. The summed E-state index contributed by atoms with van der Waals surface area (Å²) in [6.07, 6.45) is 0.194. The van der Waals surface area contributed by atoms with Gasteiger partial charge in [0.15, 0.2) is 11.6 Å².